The molecular weight excluding hydrogens is 300 g/mol. The van der Waals surface area contributed by atoms with Gasteiger partial charge in [-0.2, -0.15) is 0 Å². The Morgan fingerprint density at radius 2 is 1.17 bits per heavy atom. The third kappa shape index (κ3) is 14.2. The molecule has 1 rings (SSSR count). The van der Waals surface area contributed by atoms with Crippen LogP contribution < -0.4 is 0 Å². The highest BCUT2D eigenvalue weighted by molar-refractivity contribution is 4.54. The standard InChI is InChI=1S/C21H42O3/c22-18-14-11-9-7-5-3-1-2-4-6-8-10-12-15-19-23-21-17-13-16-20-24-21/h21-22H,1-20H2. The van der Waals surface area contributed by atoms with Gasteiger partial charge in [0.2, 0.25) is 0 Å². The Kier molecular flexibility index (Phi) is 16.2. The van der Waals surface area contributed by atoms with E-state index in [0.717, 1.165) is 26.1 Å². The Balaban J connectivity index is 1.66. The summed E-state index contributed by atoms with van der Waals surface area (Å²) >= 11 is 0. The van der Waals surface area contributed by atoms with Crippen LogP contribution in [-0.2, 0) is 9.47 Å². The maximum absolute atomic E-state index is 8.71. The lowest BCUT2D eigenvalue weighted by atomic mass is 10.0. The van der Waals surface area contributed by atoms with Crippen molar-refractivity contribution in [3.05, 3.63) is 0 Å². The van der Waals surface area contributed by atoms with Gasteiger partial charge in [-0.1, -0.05) is 77.0 Å². The molecule has 1 aliphatic heterocycles. The molecule has 0 aromatic carbocycles. The lowest BCUT2D eigenvalue weighted by molar-refractivity contribution is -0.162. The average molecular weight is 343 g/mol. The van der Waals surface area contributed by atoms with E-state index in [9.17, 15) is 0 Å². The second kappa shape index (κ2) is 17.7. The molecule has 1 heterocycles. The maximum Gasteiger partial charge on any atom is 0.157 e. The third-order valence-corrected chi connectivity index (χ3v) is 4.99. The van der Waals surface area contributed by atoms with E-state index >= 15 is 0 Å². The molecule has 1 aliphatic rings. The van der Waals surface area contributed by atoms with Crippen LogP contribution in [0, 0.1) is 0 Å². The second-order valence-electron chi connectivity index (χ2n) is 7.34. The zero-order chi connectivity index (χ0) is 17.1. The van der Waals surface area contributed by atoms with Crippen molar-refractivity contribution >= 4 is 0 Å². The Bertz CT molecular complexity index is 239. The van der Waals surface area contributed by atoms with Crippen LogP contribution >= 0.6 is 0 Å². The highest BCUT2D eigenvalue weighted by Gasteiger charge is 2.13. The first-order chi connectivity index (χ1) is 11.9. The van der Waals surface area contributed by atoms with Gasteiger partial charge in [-0.05, 0) is 32.1 Å². The molecule has 0 amide bonds. The molecule has 0 bridgehead atoms. The predicted molar refractivity (Wildman–Crippen MR) is 101 cm³/mol. The van der Waals surface area contributed by atoms with E-state index in [1.807, 2.05) is 0 Å². The topological polar surface area (TPSA) is 38.7 Å². The van der Waals surface area contributed by atoms with Crippen LogP contribution in [-0.4, -0.2) is 31.2 Å². The van der Waals surface area contributed by atoms with E-state index in [2.05, 4.69) is 0 Å². The van der Waals surface area contributed by atoms with E-state index in [1.165, 1.54) is 96.3 Å². The van der Waals surface area contributed by atoms with Gasteiger partial charge in [-0.3, -0.25) is 0 Å². The summed E-state index contributed by atoms with van der Waals surface area (Å²) in [4.78, 5) is 0. The van der Waals surface area contributed by atoms with Crippen LogP contribution in [0.5, 0.6) is 0 Å². The lowest BCUT2D eigenvalue weighted by Crippen LogP contribution is -2.22. The first-order valence-electron chi connectivity index (χ1n) is 10.8. The number of hydrogen-bond donors (Lipinski definition) is 1. The molecule has 1 atom stereocenters. The van der Waals surface area contributed by atoms with Crippen molar-refractivity contribution in [1.29, 1.82) is 0 Å². The van der Waals surface area contributed by atoms with Crippen molar-refractivity contribution in [2.45, 2.75) is 115 Å². The fourth-order valence-electron chi connectivity index (χ4n) is 3.39. The summed E-state index contributed by atoms with van der Waals surface area (Å²) in [6.45, 7) is 2.12. The minimum atomic E-state index is 0.0911. The van der Waals surface area contributed by atoms with Crippen LogP contribution in [0.3, 0.4) is 0 Å². The summed E-state index contributed by atoms with van der Waals surface area (Å²) < 4.78 is 11.3. The Morgan fingerprint density at radius 1 is 0.667 bits per heavy atom. The first-order valence-corrected chi connectivity index (χ1v) is 10.8. The van der Waals surface area contributed by atoms with Gasteiger partial charge in [-0.25, -0.2) is 0 Å². The van der Waals surface area contributed by atoms with Gasteiger partial charge < -0.3 is 14.6 Å². The molecule has 1 fully saturated rings. The van der Waals surface area contributed by atoms with Crippen molar-refractivity contribution in [2.24, 2.45) is 0 Å². The van der Waals surface area contributed by atoms with Gasteiger partial charge in [0.15, 0.2) is 6.29 Å². The number of aliphatic hydroxyl groups excluding tert-OH is 1. The summed E-state index contributed by atoms with van der Waals surface area (Å²) in [6, 6.07) is 0. The third-order valence-electron chi connectivity index (χ3n) is 4.99. The Labute approximate surface area is 150 Å². The number of aliphatic hydroxyl groups is 1. The van der Waals surface area contributed by atoms with Crippen molar-refractivity contribution in [3.63, 3.8) is 0 Å². The summed E-state index contributed by atoms with van der Waals surface area (Å²) in [7, 11) is 0. The molecule has 1 unspecified atom stereocenters. The molecular formula is C21H42O3. The van der Waals surface area contributed by atoms with Crippen LogP contribution in [0.2, 0.25) is 0 Å². The number of unbranched alkanes of at least 4 members (excludes halogenated alkanes) is 13. The van der Waals surface area contributed by atoms with Gasteiger partial charge in [0.05, 0.1) is 0 Å². The molecule has 0 aromatic heterocycles. The van der Waals surface area contributed by atoms with Crippen molar-refractivity contribution in [1.82, 2.24) is 0 Å². The minimum Gasteiger partial charge on any atom is -0.396 e. The molecule has 24 heavy (non-hydrogen) atoms. The van der Waals surface area contributed by atoms with E-state index in [-0.39, 0.29) is 6.29 Å². The Hall–Kier alpha value is -0.120. The van der Waals surface area contributed by atoms with Gasteiger partial charge >= 0.3 is 0 Å². The van der Waals surface area contributed by atoms with Gasteiger partial charge in [0.1, 0.15) is 0 Å². The molecule has 0 aromatic rings. The maximum atomic E-state index is 8.71. The summed E-state index contributed by atoms with van der Waals surface area (Å²) in [6.07, 6.45) is 22.2. The normalized spacial score (nSPS) is 18.1. The monoisotopic (exact) mass is 342 g/mol. The fourth-order valence-corrected chi connectivity index (χ4v) is 3.39. The SMILES string of the molecule is OCCCCCCCCCCCCCCCCOC1CCCCO1. The zero-order valence-electron chi connectivity index (χ0n) is 16.0. The molecule has 0 spiro atoms. The fraction of sp³-hybridized carbons (Fsp3) is 1.00. The van der Waals surface area contributed by atoms with Crippen LogP contribution in [0.1, 0.15) is 109 Å². The Morgan fingerprint density at radius 3 is 1.62 bits per heavy atom. The molecule has 1 N–H and O–H groups in total. The molecule has 144 valence electrons. The van der Waals surface area contributed by atoms with E-state index < -0.39 is 0 Å². The van der Waals surface area contributed by atoms with Gasteiger partial charge in [0, 0.05) is 19.8 Å². The molecule has 3 heteroatoms. The van der Waals surface area contributed by atoms with Crippen LogP contribution in [0.15, 0.2) is 0 Å². The van der Waals surface area contributed by atoms with Crippen molar-refractivity contribution < 1.29 is 14.6 Å². The smallest absolute Gasteiger partial charge is 0.157 e. The van der Waals surface area contributed by atoms with Gasteiger partial charge in [0.25, 0.3) is 0 Å². The number of hydrogen-bond acceptors (Lipinski definition) is 3. The molecule has 0 aliphatic carbocycles. The predicted octanol–water partition coefficient (Wildman–Crippen LogP) is 5.98. The van der Waals surface area contributed by atoms with Crippen molar-refractivity contribution in [2.75, 3.05) is 19.8 Å². The van der Waals surface area contributed by atoms with Crippen LogP contribution in [0.25, 0.3) is 0 Å². The highest BCUT2D eigenvalue weighted by atomic mass is 16.7. The van der Waals surface area contributed by atoms with E-state index in [0.29, 0.717) is 6.61 Å². The average Bonchev–Trinajstić information content (AvgIpc) is 2.62. The summed E-state index contributed by atoms with van der Waals surface area (Å²) in [5, 5.41) is 8.71. The molecule has 0 saturated carbocycles. The van der Waals surface area contributed by atoms with Crippen molar-refractivity contribution in [3.8, 4) is 0 Å². The lowest BCUT2D eigenvalue weighted by Gasteiger charge is -2.22. The molecule has 0 radical (unpaired) electrons. The largest absolute Gasteiger partial charge is 0.396 e. The zero-order valence-corrected chi connectivity index (χ0v) is 16.0. The van der Waals surface area contributed by atoms with Gasteiger partial charge in [-0.15, -0.1) is 0 Å². The molecule has 1 saturated heterocycles. The van der Waals surface area contributed by atoms with E-state index in [1.54, 1.807) is 0 Å². The second-order valence-corrected chi connectivity index (χ2v) is 7.34. The molecule has 3 nitrogen and oxygen atoms in total. The summed E-state index contributed by atoms with van der Waals surface area (Å²) in [5.41, 5.74) is 0. The number of ether oxygens (including phenoxy) is 2. The van der Waals surface area contributed by atoms with Crippen LogP contribution in [0.4, 0.5) is 0 Å². The number of rotatable bonds is 17. The summed E-state index contributed by atoms with van der Waals surface area (Å²) in [5.74, 6) is 0. The minimum absolute atomic E-state index is 0.0911. The van der Waals surface area contributed by atoms with E-state index in [4.69, 9.17) is 14.6 Å². The highest BCUT2D eigenvalue weighted by Crippen LogP contribution is 2.15. The first kappa shape index (κ1) is 21.9. The quantitative estimate of drug-likeness (QED) is 0.330.